The molecule has 6 rings (SSSR count). The van der Waals surface area contributed by atoms with E-state index >= 15 is 0 Å². The number of halogens is 1. The molecule has 0 spiro atoms. The molecular formula is C30H25ClN4O8S3. The van der Waals surface area contributed by atoms with Crippen molar-refractivity contribution in [3.63, 3.8) is 0 Å². The Kier molecular flexibility index (Phi) is 8.45. The van der Waals surface area contributed by atoms with Crippen molar-refractivity contribution in [1.82, 2.24) is 4.57 Å². The highest BCUT2D eigenvalue weighted by molar-refractivity contribution is 8.00. The number of ether oxygens (including phenoxy) is 2. The van der Waals surface area contributed by atoms with Crippen LogP contribution in [0.1, 0.15) is 16.4 Å². The van der Waals surface area contributed by atoms with Gasteiger partial charge in [0.2, 0.25) is 27.7 Å². The van der Waals surface area contributed by atoms with E-state index < -0.39 is 56.2 Å². The zero-order valence-corrected chi connectivity index (χ0v) is 27.3. The number of primary sulfonamides is 1. The second-order valence-corrected chi connectivity index (χ2v) is 14.5. The molecule has 16 heteroatoms. The third-order valence-electron chi connectivity index (χ3n) is 7.67. The van der Waals surface area contributed by atoms with Crippen molar-refractivity contribution in [1.29, 1.82) is 0 Å². The van der Waals surface area contributed by atoms with E-state index in [4.69, 9.17) is 26.2 Å². The minimum Gasteiger partial charge on any atom is -0.493 e. The highest BCUT2D eigenvalue weighted by Gasteiger charge is 2.57. The maximum Gasteiger partial charge on any atom is 0.308 e. The number of fused-ring (bicyclic) bond motifs is 2. The van der Waals surface area contributed by atoms with Gasteiger partial charge in [0.25, 0.3) is 0 Å². The summed E-state index contributed by atoms with van der Waals surface area (Å²) in [5.74, 6) is -2.16. The highest BCUT2D eigenvalue weighted by Crippen LogP contribution is 2.54. The lowest BCUT2D eigenvalue weighted by molar-refractivity contribution is -0.122. The van der Waals surface area contributed by atoms with Gasteiger partial charge in [-0.1, -0.05) is 40.8 Å². The highest BCUT2D eigenvalue weighted by atomic mass is 35.5. The number of nitrogens with two attached hydrogens (primary N) is 1. The van der Waals surface area contributed by atoms with Crippen LogP contribution in [-0.4, -0.2) is 50.2 Å². The Hall–Kier alpha value is -4.15. The number of anilines is 2. The monoisotopic (exact) mass is 700 g/mol. The lowest BCUT2D eigenvalue weighted by atomic mass is 9.83. The summed E-state index contributed by atoms with van der Waals surface area (Å²) in [6.45, 7) is -0.395. The van der Waals surface area contributed by atoms with Crippen LogP contribution in [0.5, 0.6) is 11.5 Å². The Bertz CT molecular complexity index is 2050. The zero-order valence-electron chi connectivity index (χ0n) is 24.1. The van der Waals surface area contributed by atoms with Gasteiger partial charge in [0.15, 0.2) is 11.5 Å². The molecule has 238 valence electrons. The fourth-order valence-electron chi connectivity index (χ4n) is 5.58. The van der Waals surface area contributed by atoms with Gasteiger partial charge in [0, 0.05) is 21.5 Å². The van der Waals surface area contributed by atoms with Crippen LogP contribution in [0.25, 0.3) is 0 Å². The van der Waals surface area contributed by atoms with E-state index in [-0.39, 0.29) is 4.90 Å². The topological polar surface area (TPSA) is 167 Å². The molecule has 2 unspecified atom stereocenters. The predicted molar refractivity (Wildman–Crippen MR) is 173 cm³/mol. The first-order valence-corrected chi connectivity index (χ1v) is 17.2. The number of sulfonamides is 1. The summed E-state index contributed by atoms with van der Waals surface area (Å²) in [4.78, 5) is 55.6. The van der Waals surface area contributed by atoms with Crippen LogP contribution in [0, 0.1) is 5.92 Å². The average Bonchev–Trinajstić information content (AvgIpc) is 3.47. The molecule has 4 aromatic rings. The number of rotatable bonds is 8. The first-order valence-electron chi connectivity index (χ1n) is 13.6. The molecular weight excluding hydrogens is 676 g/mol. The Morgan fingerprint density at radius 1 is 0.957 bits per heavy atom. The number of carbonyl (C=O) groups is 3. The van der Waals surface area contributed by atoms with Gasteiger partial charge in [0.1, 0.15) is 11.8 Å². The summed E-state index contributed by atoms with van der Waals surface area (Å²) in [7, 11) is -0.938. The summed E-state index contributed by atoms with van der Waals surface area (Å²) >= 11 is 8.04. The Morgan fingerprint density at radius 3 is 2.26 bits per heavy atom. The molecule has 2 aliphatic rings. The molecule has 2 aliphatic heterocycles. The van der Waals surface area contributed by atoms with Crippen molar-refractivity contribution in [2.45, 2.75) is 27.6 Å². The largest absolute Gasteiger partial charge is 0.493 e. The number of hydrogen-bond donors (Lipinski definition) is 2. The van der Waals surface area contributed by atoms with Gasteiger partial charge < -0.3 is 14.8 Å². The predicted octanol–water partition coefficient (Wildman–Crippen LogP) is 3.66. The normalized spacial score (nSPS) is 19.0. The lowest BCUT2D eigenvalue weighted by Gasteiger charge is -2.31. The van der Waals surface area contributed by atoms with Crippen molar-refractivity contribution in [3.8, 4) is 11.5 Å². The maximum absolute atomic E-state index is 14.1. The van der Waals surface area contributed by atoms with E-state index in [2.05, 4.69) is 5.32 Å². The number of hydrogen-bond acceptors (Lipinski definition) is 10. The molecule has 1 fully saturated rings. The lowest BCUT2D eigenvalue weighted by Crippen LogP contribution is -2.33. The van der Waals surface area contributed by atoms with Crippen molar-refractivity contribution >= 4 is 73.8 Å². The maximum atomic E-state index is 14.1. The summed E-state index contributed by atoms with van der Waals surface area (Å²) in [5.41, 5.74) is 1.29. The standard InChI is InChI=1S/C30H25ClN4O8S3/c1-42-20-12-3-15(13-21(20)43-2)23-24-25(28(38)35(27(24)37)18-8-4-16(31)5-9-18)44-29-26(23)45-30(39)34(29)14-22(36)33-17-6-10-19(11-7-17)46(32,40)41/h3-13,23-25H,14H2,1-2H3,(H,33,36)(H2,32,40,41)/t23-,24?,25?/m0/s1. The van der Waals surface area contributed by atoms with Gasteiger partial charge in [-0.25, -0.2) is 18.5 Å². The van der Waals surface area contributed by atoms with Crippen LogP contribution >= 0.6 is 34.7 Å². The third-order valence-corrected chi connectivity index (χ3v) is 11.5. The third kappa shape index (κ3) is 5.69. The van der Waals surface area contributed by atoms with E-state index in [0.717, 1.165) is 28.0 Å². The van der Waals surface area contributed by atoms with Gasteiger partial charge in [-0.2, -0.15) is 0 Å². The number of benzene rings is 3. The number of imide groups is 1. The Balaban J connectivity index is 1.40. The number of thioether (sulfide) groups is 1. The Labute approximate surface area is 276 Å². The van der Waals surface area contributed by atoms with Crippen molar-refractivity contribution in [2.24, 2.45) is 11.1 Å². The average molecular weight is 701 g/mol. The minimum absolute atomic E-state index is 0.121. The molecule has 1 aromatic heterocycles. The molecule has 3 atom stereocenters. The van der Waals surface area contributed by atoms with E-state index in [1.54, 1.807) is 42.5 Å². The van der Waals surface area contributed by atoms with E-state index in [1.807, 2.05) is 0 Å². The van der Waals surface area contributed by atoms with Gasteiger partial charge in [-0.15, -0.1) is 0 Å². The molecule has 0 aliphatic carbocycles. The van der Waals surface area contributed by atoms with Crippen molar-refractivity contribution < 1.29 is 32.3 Å². The summed E-state index contributed by atoms with van der Waals surface area (Å²) < 4.78 is 35.3. The van der Waals surface area contributed by atoms with Crippen LogP contribution in [0.15, 0.2) is 81.4 Å². The van der Waals surface area contributed by atoms with Crippen LogP contribution in [0.3, 0.4) is 0 Å². The van der Waals surface area contributed by atoms with Gasteiger partial charge in [0.05, 0.1) is 35.7 Å². The molecule has 3 amide bonds. The number of methoxy groups -OCH3 is 2. The Morgan fingerprint density at radius 2 is 1.63 bits per heavy atom. The molecule has 3 aromatic carbocycles. The quantitative estimate of drug-likeness (QED) is 0.261. The van der Waals surface area contributed by atoms with Crippen LogP contribution in [0.2, 0.25) is 5.02 Å². The summed E-state index contributed by atoms with van der Waals surface area (Å²) in [6, 6.07) is 16.8. The number of nitrogens with zero attached hydrogens (tertiary/aromatic N) is 2. The molecule has 46 heavy (non-hydrogen) atoms. The number of aromatic nitrogens is 1. The smallest absolute Gasteiger partial charge is 0.308 e. The second-order valence-electron chi connectivity index (χ2n) is 10.4. The first kappa shape index (κ1) is 31.8. The van der Waals surface area contributed by atoms with Crippen LogP contribution in [0.4, 0.5) is 11.4 Å². The molecule has 0 radical (unpaired) electrons. The number of amides is 3. The SMILES string of the molecule is COc1ccc([C@@H]2c3sc(=O)n(CC(=O)Nc4ccc(S(N)(=O)=O)cc4)c3SC3C(=O)N(c4ccc(Cl)cc4)C(=O)C32)cc1OC. The van der Waals surface area contributed by atoms with E-state index in [1.165, 1.54) is 43.1 Å². The number of nitrogens with one attached hydrogen (secondary N) is 1. The molecule has 3 N–H and O–H groups in total. The number of carbonyl (C=O) groups excluding carboxylic acids is 3. The molecule has 0 saturated carbocycles. The van der Waals surface area contributed by atoms with Gasteiger partial charge in [-0.3, -0.25) is 23.7 Å². The van der Waals surface area contributed by atoms with Crippen LogP contribution in [-0.2, 0) is 31.0 Å². The molecule has 3 heterocycles. The first-order chi connectivity index (χ1) is 21.9. The fourth-order valence-corrected chi connectivity index (χ4v) is 8.99. The van der Waals surface area contributed by atoms with E-state index in [9.17, 15) is 27.6 Å². The fraction of sp³-hybridized carbons (Fsp3) is 0.200. The molecule has 12 nitrogen and oxygen atoms in total. The summed E-state index contributed by atoms with van der Waals surface area (Å²) in [5, 5.41) is 7.74. The second kappa shape index (κ2) is 12.2. The zero-order chi connectivity index (χ0) is 32.9. The van der Waals surface area contributed by atoms with Gasteiger partial charge >= 0.3 is 4.87 Å². The van der Waals surface area contributed by atoms with Crippen molar-refractivity contribution in [3.05, 3.63) is 91.9 Å². The molecule has 1 saturated heterocycles. The van der Waals surface area contributed by atoms with E-state index in [0.29, 0.717) is 43.4 Å². The number of thiazole rings is 1. The van der Waals surface area contributed by atoms with Crippen LogP contribution < -0.4 is 29.7 Å². The summed E-state index contributed by atoms with van der Waals surface area (Å²) in [6.07, 6.45) is 0. The molecule has 0 bridgehead atoms. The van der Waals surface area contributed by atoms with Crippen molar-refractivity contribution in [2.75, 3.05) is 24.4 Å². The minimum atomic E-state index is -3.92. The van der Waals surface area contributed by atoms with Gasteiger partial charge in [-0.05, 0) is 66.2 Å².